The maximum Gasteiger partial charge on any atom is 0.227 e. The summed E-state index contributed by atoms with van der Waals surface area (Å²) in [6.45, 7) is 8.45. The topological polar surface area (TPSA) is 59.8 Å². The van der Waals surface area contributed by atoms with Gasteiger partial charge < -0.3 is 5.32 Å². The van der Waals surface area contributed by atoms with Gasteiger partial charge in [-0.3, -0.25) is 4.79 Å². The van der Waals surface area contributed by atoms with Crippen LogP contribution in [0.25, 0.3) is 0 Å². The van der Waals surface area contributed by atoms with Gasteiger partial charge in [0.25, 0.3) is 0 Å². The fourth-order valence-corrected chi connectivity index (χ4v) is 6.16. The first-order valence-corrected chi connectivity index (χ1v) is 13.0. The Morgan fingerprint density at radius 3 is 2.71 bits per heavy atom. The van der Waals surface area contributed by atoms with Gasteiger partial charge in [0.15, 0.2) is 5.78 Å². The highest BCUT2D eigenvalue weighted by Crippen LogP contribution is 2.47. The number of aromatic nitrogens is 3. The predicted molar refractivity (Wildman–Crippen MR) is 139 cm³/mol. The van der Waals surface area contributed by atoms with Crippen molar-refractivity contribution in [2.45, 2.75) is 57.5 Å². The molecule has 5 rings (SSSR count). The summed E-state index contributed by atoms with van der Waals surface area (Å²) in [7, 11) is 0. The summed E-state index contributed by atoms with van der Waals surface area (Å²) in [4.78, 5) is 18.2. The summed E-state index contributed by atoms with van der Waals surface area (Å²) in [5.41, 5.74) is 6.03. The van der Waals surface area contributed by atoms with Crippen molar-refractivity contribution in [3.05, 3.63) is 80.0 Å². The van der Waals surface area contributed by atoms with E-state index in [0.29, 0.717) is 33.1 Å². The molecule has 1 N–H and O–H groups in total. The number of carbonyl (C=O) groups is 1. The van der Waals surface area contributed by atoms with E-state index in [2.05, 4.69) is 51.2 Å². The molecule has 0 amide bonds. The second kappa shape index (κ2) is 8.74. The van der Waals surface area contributed by atoms with Gasteiger partial charge in [-0.1, -0.05) is 78.6 Å². The number of hydrogen-bond acceptors (Lipinski definition) is 5. The molecule has 1 aliphatic carbocycles. The largest absolute Gasteiger partial charge is 0.328 e. The summed E-state index contributed by atoms with van der Waals surface area (Å²) >= 11 is 14.4. The molecule has 0 radical (unpaired) electrons. The number of hydrogen-bond donors (Lipinski definition) is 1. The summed E-state index contributed by atoms with van der Waals surface area (Å²) < 4.78 is 1.80. The van der Waals surface area contributed by atoms with E-state index in [1.165, 1.54) is 16.7 Å². The van der Waals surface area contributed by atoms with E-state index in [1.807, 2.05) is 6.07 Å². The summed E-state index contributed by atoms with van der Waals surface area (Å²) in [6, 6.07) is 11.4. The minimum atomic E-state index is -0.442. The van der Waals surface area contributed by atoms with Gasteiger partial charge in [0, 0.05) is 39.1 Å². The second-order valence-electron chi connectivity index (χ2n) is 9.91. The van der Waals surface area contributed by atoms with Crippen molar-refractivity contribution in [1.29, 1.82) is 0 Å². The normalized spacial score (nSPS) is 19.0. The highest BCUT2D eigenvalue weighted by Gasteiger charge is 2.42. The number of rotatable bonds is 4. The van der Waals surface area contributed by atoms with E-state index >= 15 is 0 Å². The third-order valence-electron chi connectivity index (χ3n) is 6.43. The summed E-state index contributed by atoms with van der Waals surface area (Å²) in [5, 5.41) is 9.97. The lowest BCUT2D eigenvalue weighted by Crippen LogP contribution is -2.36. The van der Waals surface area contributed by atoms with Crippen LogP contribution in [0.3, 0.4) is 0 Å². The molecular formula is C26H26Cl2N4OS. The van der Waals surface area contributed by atoms with Gasteiger partial charge in [0.1, 0.15) is 6.04 Å². The Labute approximate surface area is 213 Å². The van der Waals surface area contributed by atoms with Crippen LogP contribution in [0.1, 0.15) is 55.0 Å². The average Bonchev–Trinajstić information content (AvgIpc) is 3.15. The molecule has 2 aliphatic rings. The molecule has 3 aromatic rings. The number of nitrogens with one attached hydrogen (secondary N) is 1. The van der Waals surface area contributed by atoms with Crippen molar-refractivity contribution in [1.82, 2.24) is 14.8 Å². The zero-order chi connectivity index (χ0) is 24.2. The molecule has 1 unspecified atom stereocenters. The van der Waals surface area contributed by atoms with Crippen LogP contribution in [-0.2, 0) is 10.5 Å². The SMILES string of the molecule is Cc1ccc(C)c(CSc2nc3n(n2)C(c2ccc(Cl)cc2Cl)C2=C(CC(C)(C)CC2=O)N3)c1. The number of nitrogens with zero attached hydrogens (tertiary/aromatic N) is 3. The third-order valence-corrected chi connectivity index (χ3v) is 7.88. The number of carbonyl (C=O) groups excluding carboxylic acids is 1. The number of Topliss-reactive ketones (excluding diaryl/α,β-unsaturated/α-hetero) is 1. The van der Waals surface area contributed by atoms with Crippen LogP contribution in [0.2, 0.25) is 10.0 Å². The molecule has 0 saturated carbocycles. The fourth-order valence-electron chi connectivity index (χ4n) is 4.76. The van der Waals surface area contributed by atoms with Crippen molar-refractivity contribution >= 4 is 46.7 Å². The molecule has 0 bridgehead atoms. The van der Waals surface area contributed by atoms with Crippen LogP contribution >= 0.6 is 35.0 Å². The van der Waals surface area contributed by atoms with E-state index in [4.69, 9.17) is 33.3 Å². The Hall–Kier alpha value is -2.28. The maximum absolute atomic E-state index is 13.4. The zero-order valence-electron chi connectivity index (χ0n) is 19.6. The smallest absolute Gasteiger partial charge is 0.227 e. The molecule has 1 aliphatic heterocycles. The molecule has 8 heteroatoms. The zero-order valence-corrected chi connectivity index (χ0v) is 21.9. The first-order chi connectivity index (χ1) is 16.1. The maximum atomic E-state index is 13.4. The van der Waals surface area contributed by atoms with E-state index in [9.17, 15) is 4.79 Å². The van der Waals surface area contributed by atoms with Crippen molar-refractivity contribution < 1.29 is 4.79 Å². The number of ketones is 1. The van der Waals surface area contributed by atoms with Crippen molar-refractivity contribution in [2.24, 2.45) is 5.41 Å². The van der Waals surface area contributed by atoms with Gasteiger partial charge in [0.05, 0.1) is 0 Å². The second-order valence-corrected chi connectivity index (χ2v) is 11.7. The lowest BCUT2D eigenvalue weighted by Gasteiger charge is -2.38. The summed E-state index contributed by atoms with van der Waals surface area (Å²) in [6.07, 6.45) is 1.24. The van der Waals surface area contributed by atoms with Gasteiger partial charge in [-0.15, -0.1) is 5.10 Å². The first-order valence-electron chi connectivity index (χ1n) is 11.2. The Morgan fingerprint density at radius 2 is 1.94 bits per heavy atom. The van der Waals surface area contributed by atoms with Gasteiger partial charge in [-0.05, 0) is 48.9 Å². The summed E-state index contributed by atoms with van der Waals surface area (Å²) in [5.74, 6) is 1.51. The number of benzene rings is 2. The van der Waals surface area contributed by atoms with Crippen LogP contribution in [0.4, 0.5) is 5.95 Å². The highest BCUT2D eigenvalue weighted by atomic mass is 35.5. The first kappa shape index (κ1) is 23.5. The fraction of sp³-hybridized carbons (Fsp3) is 0.346. The van der Waals surface area contributed by atoms with Crippen LogP contribution in [-0.4, -0.2) is 20.5 Å². The molecule has 1 atom stereocenters. The predicted octanol–water partition coefficient (Wildman–Crippen LogP) is 7.15. The molecule has 0 saturated heterocycles. The van der Waals surface area contributed by atoms with E-state index < -0.39 is 6.04 Å². The van der Waals surface area contributed by atoms with Gasteiger partial charge >= 0.3 is 0 Å². The number of thioether (sulfide) groups is 1. The highest BCUT2D eigenvalue weighted by molar-refractivity contribution is 7.98. The molecule has 0 fully saturated rings. The van der Waals surface area contributed by atoms with Crippen LogP contribution in [0.15, 0.2) is 52.8 Å². The molecule has 0 spiro atoms. The van der Waals surface area contributed by atoms with Crippen molar-refractivity contribution in [3.8, 4) is 0 Å². The minimum absolute atomic E-state index is 0.112. The molecule has 34 heavy (non-hydrogen) atoms. The van der Waals surface area contributed by atoms with Gasteiger partial charge in [-0.25, -0.2) is 4.68 Å². The Kier molecular flexibility index (Phi) is 6.03. The standard InChI is InChI=1S/C26H26Cl2N4OS/c1-14-5-6-15(2)16(9-14)13-34-25-30-24-29-20-11-26(3,4)12-21(33)22(20)23(32(24)31-25)18-8-7-17(27)10-19(18)28/h5-10,23H,11-13H2,1-4H3,(H,29,30,31). The lowest BCUT2D eigenvalue weighted by molar-refractivity contribution is -0.118. The number of halogens is 2. The van der Waals surface area contributed by atoms with Crippen LogP contribution in [0, 0.1) is 19.3 Å². The van der Waals surface area contributed by atoms with Crippen molar-refractivity contribution in [3.63, 3.8) is 0 Å². The lowest BCUT2D eigenvalue weighted by atomic mass is 9.73. The number of anilines is 1. The average molecular weight is 513 g/mol. The Morgan fingerprint density at radius 1 is 1.15 bits per heavy atom. The number of aryl methyl sites for hydroxylation is 2. The van der Waals surface area contributed by atoms with Gasteiger partial charge in [-0.2, -0.15) is 4.98 Å². The molecule has 1 aromatic heterocycles. The molecule has 2 heterocycles. The molecule has 5 nitrogen and oxygen atoms in total. The van der Waals surface area contributed by atoms with E-state index in [-0.39, 0.29) is 11.2 Å². The Bertz CT molecular complexity index is 1340. The third kappa shape index (κ3) is 4.39. The minimum Gasteiger partial charge on any atom is -0.328 e. The van der Waals surface area contributed by atoms with E-state index in [1.54, 1.807) is 28.6 Å². The molecular weight excluding hydrogens is 487 g/mol. The molecule has 176 valence electrons. The van der Waals surface area contributed by atoms with E-state index in [0.717, 1.165) is 23.4 Å². The monoisotopic (exact) mass is 512 g/mol. The van der Waals surface area contributed by atoms with Gasteiger partial charge in [0.2, 0.25) is 11.1 Å². The Balaban J connectivity index is 1.55. The van der Waals surface area contributed by atoms with Crippen LogP contribution in [0.5, 0.6) is 0 Å². The quantitative estimate of drug-likeness (QED) is 0.376. The molecule has 2 aromatic carbocycles. The number of fused-ring (bicyclic) bond motifs is 1. The number of allylic oxidation sites excluding steroid dienone is 2. The van der Waals surface area contributed by atoms with Crippen molar-refractivity contribution in [2.75, 3.05) is 5.32 Å². The van der Waals surface area contributed by atoms with Crippen LogP contribution < -0.4 is 5.32 Å².